The topological polar surface area (TPSA) is 68.3 Å². The van der Waals surface area contributed by atoms with E-state index in [-0.39, 0.29) is 5.91 Å². The highest BCUT2D eigenvalue weighted by atomic mass is 32.2. The Labute approximate surface area is 180 Å². The molecule has 3 heterocycles. The molecule has 8 heteroatoms. The van der Waals surface area contributed by atoms with E-state index in [0.717, 1.165) is 34.4 Å². The summed E-state index contributed by atoms with van der Waals surface area (Å²) in [4.78, 5) is 19.1. The molecule has 1 aliphatic heterocycles. The van der Waals surface area contributed by atoms with Crippen molar-refractivity contribution < 1.29 is 4.79 Å². The van der Waals surface area contributed by atoms with Crippen LogP contribution in [0.15, 0.2) is 41.7 Å². The SMILES string of the molecule is CCn1cc(CN2C(=O)CSC2=Nc2c(C)nn(Cc3ccccc3C)c2C)cn1. The van der Waals surface area contributed by atoms with E-state index in [0.29, 0.717) is 18.8 Å². The predicted molar refractivity (Wildman–Crippen MR) is 120 cm³/mol. The van der Waals surface area contributed by atoms with Crippen molar-refractivity contribution in [3.63, 3.8) is 0 Å². The summed E-state index contributed by atoms with van der Waals surface area (Å²) in [5, 5.41) is 9.75. The van der Waals surface area contributed by atoms with Crippen LogP contribution in [0.3, 0.4) is 0 Å². The summed E-state index contributed by atoms with van der Waals surface area (Å²) in [6.45, 7) is 10.2. The number of amidine groups is 1. The molecule has 30 heavy (non-hydrogen) atoms. The number of rotatable bonds is 6. The molecular weight excluding hydrogens is 396 g/mol. The first kappa shape index (κ1) is 20.4. The van der Waals surface area contributed by atoms with Crippen LogP contribution in [-0.2, 0) is 24.4 Å². The summed E-state index contributed by atoms with van der Waals surface area (Å²) in [5.41, 5.74) is 6.20. The number of thioether (sulfide) groups is 1. The molecule has 0 aliphatic carbocycles. The minimum absolute atomic E-state index is 0.0746. The van der Waals surface area contributed by atoms with Crippen LogP contribution >= 0.6 is 11.8 Å². The zero-order valence-corrected chi connectivity index (χ0v) is 18.6. The monoisotopic (exact) mass is 422 g/mol. The molecule has 0 N–H and O–H groups in total. The third-order valence-corrected chi connectivity index (χ3v) is 6.30. The number of carbonyl (C=O) groups excluding carboxylic acids is 1. The average Bonchev–Trinajstić information content (AvgIpc) is 3.40. The molecule has 0 atom stereocenters. The van der Waals surface area contributed by atoms with Gasteiger partial charge >= 0.3 is 0 Å². The fraction of sp³-hybridized carbons (Fsp3) is 0.364. The third kappa shape index (κ3) is 4.05. The molecule has 4 rings (SSSR count). The van der Waals surface area contributed by atoms with Gasteiger partial charge in [-0.3, -0.25) is 19.1 Å². The van der Waals surface area contributed by atoms with Crippen LogP contribution < -0.4 is 0 Å². The first-order valence-corrected chi connectivity index (χ1v) is 11.1. The molecule has 1 aromatic carbocycles. The highest BCUT2D eigenvalue weighted by Gasteiger charge is 2.29. The lowest BCUT2D eigenvalue weighted by Crippen LogP contribution is -2.28. The summed E-state index contributed by atoms with van der Waals surface area (Å²) in [6.07, 6.45) is 3.79. The van der Waals surface area contributed by atoms with Crippen molar-refractivity contribution in [2.24, 2.45) is 4.99 Å². The maximum Gasteiger partial charge on any atom is 0.239 e. The van der Waals surface area contributed by atoms with Crippen LogP contribution in [0.5, 0.6) is 0 Å². The average molecular weight is 423 g/mol. The number of amides is 1. The lowest BCUT2D eigenvalue weighted by Gasteiger charge is -2.15. The fourth-order valence-electron chi connectivity index (χ4n) is 3.53. The molecule has 0 radical (unpaired) electrons. The van der Waals surface area contributed by atoms with Gasteiger partial charge in [-0.1, -0.05) is 36.0 Å². The van der Waals surface area contributed by atoms with Crippen molar-refractivity contribution >= 4 is 28.5 Å². The first-order valence-electron chi connectivity index (χ1n) is 10.1. The maximum atomic E-state index is 12.5. The minimum Gasteiger partial charge on any atom is -0.286 e. The number of aliphatic imine (C=N–C) groups is 1. The van der Waals surface area contributed by atoms with E-state index in [9.17, 15) is 4.79 Å². The predicted octanol–water partition coefficient (Wildman–Crippen LogP) is 3.84. The second-order valence-electron chi connectivity index (χ2n) is 7.47. The standard InChI is InChI=1S/C22H26N6OS/c1-5-26-11-18(10-23-26)12-27-20(29)14-30-22(27)24-21-16(3)25-28(17(21)4)13-19-9-7-6-8-15(19)2/h6-11H,5,12-14H2,1-4H3. The number of carbonyl (C=O) groups is 1. The molecule has 1 amide bonds. The normalized spacial score (nSPS) is 15.5. The van der Waals surface area contributed by atoms with Crippen molar-refractivity contribution in [2.75, 3.05) is 5.75 Å². The molecule has 7 nitrogen and oxygen atoms in total. The largest absolute Gasteiger partial charge is 0.286 e. The Morgan fingerprint density at radius 3 is 2.70 bits per heavy atom. The Kier molecular flexibility index (Phi) is 5.76. The van der Waals surface area contributed by atoms with Gasteiger partial charge in [-0.25, -0.2) is 4.99 Å². The lowest BCUT2D eigenvalue weighted by atomic mass is 10.1. The van der Waals surface area contributed by atoms with Crippen LogP contribution in [0, 0.1) is 20.8 Å². The number of benzene rings is 1. The van der Waals surface area contributed by atoms with Crippen molar-refractivity contribution in [3.05, 3.63) is 64.7 Å². The van der Waals surface area contributed by atoms with Crippen LogP contribution in [0.2, 0.25) is 0 Å². The van der Waals surface area contributed by atoms with Crippen molar-refractivity contribution in [3.8, 4) is 0 Å². The van der Waals surface area contributed by atoms with Gasteiger partial charge in [0.2, 0.25) is 5.91 Å². The van der Waals surface area contributed by atoms with Crippen LogP contribution in [-0.4, -0.2) is 41.3 Å². The smallest absolute Gasteiger partial charge is 0.239 e. The fourth-order valence-corrected chi connectivity index (χ4v) is 4.41. The summed E-state index contributed by atoms with van der Waals surface area (Å²) in [5.74, 6) is 0.488. The van der Waals surface area contributed by atoms with E-state index >= 15 is 0 Å². The molecule has 0 unspecified atom stereocenters. The quantitative estimate of drug-likeness (QED) is 0.605. The molecule has 3 aromatic rings. The minimum atomic E-state index is 0.0746. The zero-order valence-electron chi connectivity index (χ0n) is 17.8. The summed E-state index contributed by atoms with van der Waals surface area (Å²) >= 11 is 1.48. The van der Waals surface area contributed by atoms with Gasteiger partial charge in [-0.15, -0.1) is 0 Å². The van der Waals surface area contributed by atoms with E-state index < -0.39 is 0 Å². The summed E-state index contributed by atoms with van der Waals surface area (Å²) in [7, 11) is 0. The lowest BCUT2D eigenvalue weighted by molar-refractivity contribution is -0.124. The second-order valence-corrected chi connectivity index (χ2v) is 8.41. The van der Waals surface area contributed by atoms with Crippen molar-refractivity contribution in [2.45, 2.75) is 47.3 Å². The van der Waals surface area contributed by atoms with E-state index in [1.54, 1.807) is 4.90 Å². The number of hydrogen-bond acceptors (Lipinski definition) is 5. The van der Waals surface area contributed by atoms with E-state index in [2.05, 4.69) is 30.2 Å². The third-order valence-electron chi connectivity index (χ3n) is 5.34. The highest BCUT2D eigenvalue weighted by molar-refractivity contribution is 8.15. The van der Waals surface area contributed by atoms with Gasteiger partial charge in [-0.2, -0.15) is 10.2 Å². The molecular formula is C22H26N6OS. The Morgan fingerprint density at radius 1 is 1.17 bits per heavy atom. The molecule has 2 aromatic heterocycles. The highest BCUT2D eigenvalue weighted by Crippen LogP contribution is 2.30. The molecule has 0 spiro atoms. The number of aryl methyl sites for hydroxylation is 3. The number of nitrogens with zero attached hydrogens (tertiary/aromatic N) is 6. The Morgan fingerprint density at radius 2 is 1.97 bits per heavy atom. The first-order chi connectivity index (χ1) is 14.5. The molecule has 156 valence electrons. The van der Waals surface area contributed by atoms with Crippen LogP contribution in [0.4, 0.5) is 5.69 Å². The van der Waals surface area contributed by atoms with Gasteiger partial charge in [0.1, 0.15) is 5.69 Å². The Balaban J connectivity index is 1.60. The van der Waals surface area contributed by atoms with Gasteiger partial charge in [-0.05, 0) is 38.8 Å². The van der Waals surface area contributed by atoms with Crippen molar-refractivity contribution in [1.82, 2.24) is 24.5 Å². The summed E-state index contributed by atoms with van der Waals surface area (Å²) in [6, 6.07) is 8.33. The van der Waals surface area contributed by atoms with E-state index in [4.69, 9.17) is 10.1 Å². The van der Waals surface area contributed by atoms with Gasteiger partial charge in [0, 0.05) is 18.3 Å². The van der Waals surface area contributed by atoms with Crippen LogP contribution in [0.1, 0.15) is 35.0 Å². The van der Waals surface area contributed by atoms with E-state index in [1.165, 1.54) is 22.9 Å². The summed E-state index contributed by atoms with van der Waals surface area (Å²) < 4.78 is 3.86. The number of aromatic nitrogens is 4. The molecule has 1 saturated heterocycles. The van der Waals surface area contributed by atoms with E-state index in [1.807, 2.05) is 48.6 Å². The maximum absolute atomic E-state index is 12.5. The van der Waals surface area contributed by atoms with Crippen LogP contribution in [0.25, 0.3) is 0 Å². The van der Waals surface area contributed by atoms with Crippen molar-refractivity contribution in [1.29, 1.82) is 0 Å². The second kappa shape index (κ2) is 8.47. The van der Waals surface area contributed by atoms with Gasteiger partial charge in [0.05, 0.1) is 36.4 Å². The molecule has 0 bridgehead atoms. The van der Waals surface area contributed by atoms with Gasteiger partial charge in [0.25, 0.3) is 0 Å². The molecule has 1 fully saturated rings. The zero-order chi connectivity index (χ0) is 21.3. The Bertz CT molecular complexity index is 1110. The number of hydrogen-bond donors (Lipinski definition) is 0. The van der Waals surface area contributed by atoms with Gasteiger partial charge < -0.3 is 0 Å². The Hall–Kier alpha value is -2.87. The molecule has 0 saturated carbocycles. The van der Waals surface area contributed by atoms with Gasteiger partial charge in [0.15, 0.2) is 5.17 Å². The molecule has 1 aliphatic rings.